The molecule has 0 aliphatic carbocycles. The van der Waals surface area contributed by atoms with Crippen LogP contribution in [-0.4, -0.2) is 20.7 Å². The molecule has 2 N–H and O–H groups in total. The summed E-state index contributed by atoms with van der Waals surface area (Å²) in [6.07, 6.45) is 1.15. The molecule has 0 spiro atoms. The molecule has 2 amide bonds. The number of hydrogen-bond acceptors (Lipinski definition) is 3. The number of anilines is 1. The van der Waals surface area contributed by atoms with Gasteiger partial charge in [0, 0.05) is 12.8 Å². The van der Waals surface area contributed by atoms with Crippen molar-refractivity contribution in [2.45, 2.75) is 18.4 Å². The van der Waals surface area contributed by atoms with Gasteiger partial charge in [-0.1, -0.05) is 24.3 Å². The summed E-state index contributed by atoms with van der Waals surface area (Å²) in [4.78, 5) is 12.0. The van der Waals surface area contributed by atoms with Crippen LogP contribution in [0.5, 0.6) is 0 Å². The minimum atomic E-state index is -3.27. The fourth-order valence-corrected chi connectivity index (χ4v) is 3.11. The molecule has 0 aliphatic heterocycles. The van der Waals surface area contributed by atoms with E-state index in [1.807, 2.05) is 0 Å². The fraction of sp³-hybridized carbons (Fsp3) is 0.188. The molecule has 0 bridgehead atoms. The monoisotopic (exact) mass is 336 g/mol. The van der Waals surface area contributed by atoms with Crippen LogP contribution in [-0.2, 0) is 16.4 Å². The Morgan fingerprint density at radius 2 is 1.87 bits per heavy atom. The molecule has 5 nitrogen and oxygen atoms in total. The Hall–Kier alpha value is -2.41. The molecule has 0 unspecified atom stereocenters. The summed E-state index contributed by atoms with van der Waals surface area (Å²) in [7, 11) is -3.27. The van der Waals surface area contributed by atoms with Gasteiger partial charge in [0.1, 0.15) is 5.82 Å². The Morgan fingerprint density at radius 3 is 2.48 bits per heavy atom. The average Bonchev–Trinajstić information content (AvgIpc) is 2.46. The number of aryl methyl sites for hydroxylation is 1. The maximum Gasteiger partial charge on any atom is 0.319 e. The van der Waals surface area contributed by atoms with Crippen molar-refractivity contribution in [1.82, 2.24) is 5.32 Å². The van der Waals surface area contributed by atoms with Crippen molar-refractivity contribution in [3.63, 3.8) is 0 Å². The first-order valence-electron chi connectivity index (χ1n) is 6.86. The molecular weight excluding hydrogens is 319 g/mol. The summed E-state index contributed by atoms with van der Waals surface area (Å²) in [5.74, 6) is -0.518. The zero-order valence-electron chi connectivity index (χ0n) is 12.8. The summed E-state index contributed by atoms with van der Waals surface area (Å²) >= 11 is 0. The van der Waals surface area contributed by atoms with E-state index in [1.54, 1.807) is 25.1 Å². The molecule has 0 saturated carbocycles. The number of carbonyl (C=O) groups is 1. The molecule has 7 heteroatoms. The molecule has 23 heavy (non-hydrogen) atoms. The van der Waals surface area contributed by atoms with Crippen molar-refractivity contribution in [3.8, 4) is 0 Å². The Balaban J connectivity index is 2.00. The van der Waals surface area contributed by atoms with Crippen LogP contribution in [0.25, 0.3) is 0 Å². The lowest BCUT2D eigenvalue weighted by atomic mass is 10.1. The Morgan fingerprint density at radius 1 is 1.17 bits per heavy atom. The van der Waals surface area contributed by atoms with Crippen LogP contribution >= 0.6 is 0 Å². The maximum atomic E-state index is 13.4. The summed E-state index contributed by atoms with van der Waals surface area (Å²) in [6.45, 7) is 1.89. The first-order valence-corrected chi connectivity index (χ1v) is 8.75. The Labute approximate surface area is 134 Å². The Bertz CT molecular complexity index is 835. The van der Waals surface area contributed by atoms with Gasteiger partial charge in [0.05, 0.1) is 10.6 Å². The van der Waals surface area contributed by atoms with Crippen molar-refractivity contribution in [3.05, 3.63) is 59.4 Å². The van der Waals surface area contributed by atoms with E-state index >= 15 is 0 Å². The van der Waals surface area contributed by atoms with Crippen LogP contribution in [0.4, 0.5) is 14.9 Å². The van der Waals surface area contributed by atoms with Crippen molar-refractivity contribution in [2.24, 2.45) is 0 Å². The van der Waals surface area contributed by atoms with Gasteiger partial charge in [-0.05, 0) is 36.2 Å². The second-order valence-corrected chi connectivity index (χ2v) is 7.14. The predicted octanol–water partition coefficient (Wildman–Crippen LogP) is 2.86. The SMILES string of the molecule is Cc1cc(CNC(=O)Nc2ccccc2F)ccc1S(C)(=O)=O. The Kier molecular flexibility index (Phi) is 5.00. The van der Waals surface area contributed by atoms with E-state index < -0.39 is 21.7 Å². The number of nitrogens with one attached hydrogen (secondary N) is 2. The van der Waals surface area contributed by atoms with Crippen molar-refractivity contribution in [1.29, 1.82) is 0 Å². The van der Waals surface area contributed by atoms with E-state index in [0.29, 0.717) is 5.56 Å². The standard InChI is InChI=1S/C16H17FN2O3S/c1-11-9-12(7-8-15(11)23(2,21)22)10-18-16(20)19-14-6-4-3-5-13(14)17/h3-9H,10H2,1-2H3,(H2,18,19,20). The van der Waals surface area contributed by atoms with Gasteiger partial charge < -0.3 is 10.6 Å². The van der Waals surface area contributed by atoms with Crippen LogP contribution in [0.1, 0.15) is 11.1 Å². The van der Waals surface area contributed by atoms with Crippen LogP contribution in [0, 0.1) is 12.7 Å². The van der Waals surface area contributed by atoms with E-state index in [2.05, 4.69) is 10.6 Å². The highest BCUT2D eigenvalue weighted by Gasteiger charge is 2.11. The van der Waals surface area contributed by atoms with Crippen LogP contribution in [0.2, 0.25) is 0 Å². The maximum absolute atomic E-state index is 13.4. The largest absolute Gasteiger partial charge is 0.334 e. The number of sulfone groups is 1. The average molecular weight is 336 g/mol. The fourth-order valence-electron chi connectivity index (χ4n) is 2.15. The third-order valence-electron chi connectivity index (χ3n) is 3.21. The number of amides is 2. The van der Waals surface area contributed by atoms with E-state index in [9.17, 15) is 17.6 Å². The zero-order chi connectivity index (χ0) is 17.0. The topological polar surface area (TPSA) is 75.3 Å². The van der Waals surface area contributed by atoms with Gasteiger partial charge in [-0.15, -0.1) is 0 Å². The van der Waals surface area contributed by atoms with Gasteiger partial charge in [-0.25, -0.2) is 17.6 Å². The quantitative estimate of drug-likeness (QED) is 0.901. The van der Waals surface area contributed by atoms with Gasteiger partial charge in [0.15, 0.2) is 9.84 Å². The molecule has 0 radical (unpaired) electrons. The van der Waals surface area contributed by atoms with E-state index in [-0.39, 0.29) is 17.1 Å². The zero-order valence-corrected chi connectivity index (χ0v) is 13.6. The lowest BCUT2D eigenvalue weighted by Gasteiger charge is -2.10. The number of para-hydroxylation sites is 1. The van der Waals surface area contributed by atoms with Gasteiger partial charge >= 0.3 is 6.03 Å². The van der Waals surface area contributed by atoms with Gasteiger partial charge in [0.2, 0.25) is 0 Å². The molecule has 0 atom stereocenters. The highest BCUT2D eigenvalue weighted by molar-refractivity contribution is 7.90. The first-order chi connectivity index (χ1) is 10.8. The van der Waals surface area contributed by atoms with Crippen molar-refractivity contribution < 1.29 is 17.6 Å². The molecule has 0 heterocycles. The number of benzene rings is 2. The predicted molar refractivity (Wildman–Crippen MR) is 86.5 cm³/mol. The highest BCUT2D eigenvalue weighted by Crippen LogP contribution is 2.17. The summed E-state index contributed by atoms with van der Waals surface area (Å²) in [6, 6.07) is 10.2. The number of halogens is 1. The van der Waals surface area contributed by atoms with Gasteiger partial charge in [-0.2, -0.15) is 0 Å². The molecule has 0 saturated heterocycles. The minimum Gasteiger partial charge on any atom is -0.334 e. The number of rotatable bonds is 4. The summed E-state index contributed by atoms with van der Waals surface area (Å²) < 4.78 is 36.5. The van der Waals surface area contributed by atoms with Crippen molar-refractivity contribution >= 4 is 21.6 Å². The lowest BCUT2D eigenvalue weighted by molar-refractivity contribution is 0.251. The van der Waals surface area contributed by atoms with E-state index in [0.717, 1.165) is 11.8 Å². The second-order valence-electron chi connectivity index (χ2n) is 5.16. The minimum absolute atomic E-state index is 0.0913. The molecule has 2 aromatic rings. The molecule has 2 rings (SSSR count). The summed E-state index contributed by atoms with van der Waals surface area (Å²) in [5, 5.41) is 5.00. The molecule has 122 valence electrons. The third kappa shape index (κ3) is 4.53. The molecule has 0 aliphatic rings. The molecular formula is C16H17FN2O3S. The second kappa shape index (κ2) is 6.78. The van der Waals surface area contributed by atoms with Crippen LogP contribution in [0.15, 0.2) is 47.4 Å². The van der Waals surface area contributed by atoms with E-state index in [4.69, 9.17) is 0 Å². The molecule has 2 aromatic carbocycles. The first kappa shape index (κ1) is 17.0. The molecule has 0 fully saturated rings. The van der Waals surface area contributed by atoms with Crippen LogP contribution in [0.3, 0.4) is 0 Å². The van der Waals surface area contributed by atoms with Gasteiger partial charge in [0.25, 0.3) is 0 Å². The number of carbonyl (C=O) groups excluding carboxylic acids is 1. The van der Waals surface area contributed by atoms with Crippen molar-refractivity contribution in [2.75, 3.05) is 11.6 Å². The smallest absolute Gasteiger partial charge is 0.319 e. The third-order valence-corrected chi connectivity index (χ3v) is 4.47. The highest BCUT2D eigenvalue weighted by atomic mass is 32.2. The number of urea groups is 1. The lowest BCUT2D eigenvalue weighted by Crippen LogP contribution is -2.28. The molecule has 0 aromatic heterocycles. The summed E-state index contributed by atoms with van der Waals surface area (Å²) in [5.41, 5.74) is 1.45. The van der Waals surface area contributed by atoms with Gasteiger partial charge in [-0.3, -0.25) is 0 Å². The number of hydrogen-bond donors (Lipinski definition) is 2. The normalized spacial score (nSPS) is 11.1. The van der Waals surface area contributed by atoms with Crippen LogP contribution < -0.4 is 10.6 Å². The van der Waals surface area contributed by atoms with E-state index in [1.165, 1.54) is 24.3 Å².